The molecular weight excluding hydrogens is 340 g/mol. The van der Waals surface area contributed by atoms with Crippen LogP contribution < -0.4 is 0 Å². The normalized spacial score (nSPS) is 12.1. The van der Waals surface area contributed by atoms with E-state index in [1.807, 2.05) is 6.92 Å². The number of nitrogens with one attached hydrogen (secondary N) is 1. The summed E-state index contributed by atoms with van der Waals surface area (Å²) in [7, 11) is 1.68. The second-order valence-corrected chi connectivity index (χ2v) is 7.22. The van der Waals surface area contributed by atoms with Crippen LogP contribution in [0.25, 0.3) is 10.9 Å². The molecule has 1 unspecified atom stereocenters. The molecule has 0 amide bonds. The molecule has 0 aliphatic rings. The summed E-state index contributed by atoms with van der Waals surface area (Å²) in [4.78, 5) is 14.1. The lowest BCUT2D eigenvalue weighted by atomic mass is 9.93. The van der Waals surface area contributed by atoms with Crippen molar-refractivity contribution in [3.63, 3.8) is 0 Å². The largest absolute Gasteiger partial charge is 0.396 e. The highest BCUT2D eigenvalue weighted by atomic mass is 16.5. The molecule has 0 saturated heterocycles. The zero-order valence-corrected chi connectivity index (χ0v) is 17.8. The molecule has 2 aromatic rings. The van der Waals surface area contributed by atoms with Crippen molar-refractivity contribution >= 4 is 10.9 Å². The molecule has 0 fully saturated rings. The van der Waals surface area contributed by atoms with Gasteiger partial charge in [0.25, 0.3) is 0 Å². The highest BCUT2D eigenvalue weighted by Gasteiger charge is 2.19. The average Bonchev–Trinajstić information content (AvgIpc) is 3.00. The number of aromatic amines is 1. The number of hydrogen-bond acceptors (Lipinski definition) is 4. The summed E-state index contributed by atoms with van der Waals surface area (Å²) >= 11 is 0. The third kappa shape index (κ3) is 6.15. The quantitative estimate of drug-likeness (QED) is 0.572. The van der Waals surface area contributed by atoms with E-state index in [1.54, 1.807) is 7.11 Å². The van der Waals surface area contributed by atoms with Crippen molar-refractivity contribution in [1.29, 1.82) is 0 Å². The van der Waals surface area contributed by atoms with Crippen LogP contribution in [-0.2, 0) is 11.2 Å². The summed E-state index contributed by atoms with van der Waals surface area (Å²) in [5, 5.41) is 13.6. The Morgan fingerprint density at radius 1 is 1.26 bits per heavy atom. The zero-order chi connectivity index (χ0) is 20.4. The summed E-state index contributed by atoms with van der Waals surface area (Å²) in [6, 6.07) is 4.39. The standard InChI is InChI=1S/C19H28N2O2.C3H8O/c1-5-15(7-9-22)18-13(4)17-11-14(6-8-20-23)10-16(12(2)3)19(17)21-18;1-3-4-2/h10-12,15,21-22H,5-9H2,1-4H3;3H2,1-2H3. The number of H-pyrrole nitrogens is 1. The van der Waals surface area contributed by atoms with Crippen LogP contribution in [0.3, 0.4) is 0 Å². The van der Waals surface area contributed by atoms with Crippen LogP contribution in [0.5, 0.6) is 0 Å². The predicted molar refractivity (Wildman–Crippen MR) is 114 cm³/mol. The van der Waals surface area contributed by atoms with Crippen molar-refractivity contribution in [2.24, 2.45) is 5.18 Å². The van der Waals surface area contributed by atoms with Crippen LogP contribution in [0.15, 0.2) is 17.3 Å². The van der Waals surface area contributed by atoms with Gasteiger partial charge in [0.05, 0.1) is 6.54 Å². The molecular formula is C22H36N2O3. The number of benzene rings is 1. The Morgan fingerprint density at radius 2 is 1.93 bits per heavy atom. The van der Waals surface area contributed by atoms with Gasteiger partial charge in [-0.05, 0) is 61.8 Å². The van der Waals surface area contributed by atoms with Crippen LogP contribution in [0.1, 0.15) is 74.8 Å². The van der Waals surface area contributed by atoms with E-state index in [4.69, 9.17) is 0 Å². The molecule has 2 rings (SSSR count). The third-order valence-electron chi connectivity index (χ3n) is 5.08. The van der Waals surface area contributed by atoms with Gasteiger partial charge < -0.3 is 14.8 Å². The van der Waals surface area contributed by atoms with Gasteiger partial charge in [0, 0.05) is 42.8 Å². The lowest BCUT2D eigenvalue weighted by Gasteiger charge is -2.13. The molecule has 27 heavy (non-hydrogen) atoms. The number of aliphatic hydroxyl groups excluding tert-OH is 1. The van der Waals surface area contributed by atoms with Crippen LogP contribution >= 0.6 is 0 Å². The smallest absolute Gasteiger partial charge is 0.0851 e. The molecule has 0 aliphatic carbocycles. The number of nitrogens with zero attached hydrogens (tertiary/aromatic N) is 1. The number of methoxy groups -OCH3 is 1. The maximum Gasteiger partial charge on any atom is 0.0851 e. The van der Waals surface area contributed by atoms with Gasteiger partial charge in [-0.25, -0.2) is 0 Å². The molecule has 0 bridgehead atoms. The zero-order valence-electron chi connectivity index (χ0n) is 17.8. The molecule has 5 heteroatoms. The van der Waals surface area contributed by atoms with Crippen LogP contribution in [-0.4, -0.2) is 37.0 Å². The number of aliphatic hydroxyl groups is 1. The number of aromatic nitrogens is 1. The Hall–Kier alpha value is -1.72. The molecule has 2 N–H and O–H groups in total. The highest BCUT2D eigenvalue weighted by Crippen LogP contribution is 2.35. The molecule has 1 aromatic carbocycles. The molecule has 152 valence electrons. The van der Waals surface area contributed by atoms with Crippen LogP contribution in [0, 0.1) is 11.8 Å². The van der Waals surface area contributed by atoms with E-state index < -0.39 is 0 Å². The molecule has 1 atom stereocenters. The van der Waals surface area contributed by atoms with E-state index in [9.17, 15) is 10.0 Å². The molecule has 1 heterocycles. The first kappa shape index (κ1) is 23.3. The van der Waals surface area contributed by atoms with E-state index in [2.05, 4.69) is 54.7 Å². The minimum Gasteiger partial charge on any atom is -0.396 e. The van der Waals surface area contributed by atoms with Crippen molar-refractivity contribution in [3.8, 4) is 0 Å². The highest BCUT2D eigenvalue weighted by molar-refractivity contribution is 5.88. The fourth-order valence-electron chi connectivity index (χ4n) is 3.43. The number of fused-ring (bicyclic) bond motifs is 1. The SMILES string of the molecule is CCC(CCO)c1[nH]c2c(C(C)C)cc(CCN=O)cc2c1C.CCOC. The summed E-state index contributed by atoms with van der Waals surface area (Å²) in [6.07, 6.45) is 2.48. The van der Waals surface area contributed by atoms with E-state index in [0.717, 1.165) is 19.4 Å². The second-order valence-electron chi connectivity index (χ2n) is 7.22. The Bertz CT molecular complexity index is 705. The van der Waals surface area contributed by atoms with Gasteiger partial charge >= 0.3 is 0 Å². The minimum absolute atomic E-state index is 0.209. The van der Waals surface area contributed by atoms with Crippen LogP contribution in [0.4, 0.5) is 0 Å². The van der Waals surface area contributed by atoms with Gasteiger partial charge in [0.1, 0.15) is 0 Å². The number of aryl methyl sites for hydroxylation is 1. The molecule has 5 nitrogen and oxygen atoms in total. The summed E-state index contributed by atoms with van der Waals surface area (Å²) in [5.41, 5.74) is 6.17. The van der Waals surface area contributed by atoms with Crippen molar-refractivity contribution in [2.45, 2.75) is 65.7 Å². The van der Waals surface area contributed by atoms with Gasteiger partial charge in [-0.1, -0.05) is 32.0 Å². The van der Waals surface area contributed by atoms with Gasteiger partial charge in [0.15, 0.2) is 0 Å². The van der Waals surface area contributed by atoms with E-state index in [1.165, 1.54) is 33.3 Å². The van der Waals surface area contributed by atoms with Gasteiger partial charge in [0.2, 0.25) is 0 Å². The Balaban J connectivity index is 0.000000828. The first-order valence-electron chi connectivity index (χ1n) is 9.98. The fourth-order valence-corrected chi connectivity index (χ4v) is 3.43. The van der Waals surface area contributed by atoms with E-state index in [-0.39, 0.29) is 6.61 Å². The van der Waals surface area contributed by atoms with Gasteiger partial charge in [-0.3, -0.25) is 0 Å². The first-order valence-corrected chi connectivity index (χ1v) is 9.98. The lowest BCUT2D eigenvalue weighted by molar-refractivity contribution is 0.215. The Morgan fingerprint density at radius 3 is 2.41 bits per heavy atom. The Labute approximate surface area is 163 Å². The molecule has 1 aromatic heterocycles. The maximum atomic E-state index is 10.5. The predicted octanol–water partition coefficient (Wildman–Crippen LogP) is 5.44. The maximum absolute atomic E-state index is 10.5. The van der Waals surface area contributed by atoms with Crippen molar-refractivity contribution in [2.75, 3.05) is 26.9 Å². The fraction of sp³-hybridized carbons (Fsp3) is 0.636. The van der Waals surface area contributed by atoms with E-state index >= 15 is 0 Å². The Kier molecular flexibility index (Phi) is 10.3. The summed E-state index contributed by atoms with van der Waals surface area (Å²) in [6.45, 7) is 12.0. The number of nitroso groups, excluding NO2 is 1. The summed E-state index contributed by atoms with van der Waals surface area (Å²) < 4.78 is 4.54. The monoisotopic (exact) mass is 376 g/mol. The molecule has 0 saturated carbocycles. The third-order valence-corrected chi connectivity index (χ3v) is 5.08. The molecule has 0 aliphatic heterocycles. The number of ether oxygens (including phenoxy) is 1. The van der Waals surface area contributed by atoms with Crippen molar-refractivity contribution in [1.82, 2.24) is 4.98 Å². The van der Waals surface area contributed by atoms with E-state index in [0.29, 0.717) is 24.8 Å². The topological polar surface area (TPSA) is 74.7 Å². The van der Waals surface area contributed by atoms with Gasteiger partial charge in [-0.2, -0.15) is 4.91 Å². The van der Waals surface area contributed by atoms with Gasteiger partial charge in [-0.15, -0.1) is 0 Å². The van der Waals surface area contributed by atoms with Crippen molar-refractivity contribution in [3.05, 3.63) is 39.4 Å². The number of rotatable bonds is 9. The lowest BCUT2D eigenvalue weighted by Crippen LogP contribution is -2.02. The summed E-state index contributed by atoms with van der Waals surface area (Å²) in [5.74, 6) is 0.762. The minimum atomic E-state index is 0.209. The second kappa shape index (κ2) is 11.9. The van der Waals surface area contributed by atoms with Crippen LogP contribution in [0.2, 0.25) is 0 Å². The number of hydrogen-bond donors (Lipinski definition) is 2. The molecule has 0 spiro atoms. The average molecular weight is 377 g/mol. The van der Waals surface area contributed by atoms with Crippen molar-refractivity contribution < 1.29 is 9.84 Å². The molecule has 0 radical (unpaired) electrons. The first-order chi connectivity index (χ1) is 12.9.